The number of halogens is 2. The third-order valence-electron chi connectivity index (χ3n) is 3.38. The molecule has 1 aromatic heterocycles. The number of nitrogens with one attached hydrogen (secondary N) is 1. The van der Waals surface area contributed by atoms with Gasteiger partial charge in [-0.15, -0.1) is 0 Å². The van der Waals surface area contributed by atoms with Crippen molar-refractivity contribution in [3.63, 3.8) is 0 Å². The number of nitrogens with zero attached hydrogens (tertiary/aromatic N) is 1. The van der Waals surface area contributed by atoms with Gasteiger partial charge in [-0.25, -0.2) is 0 Å². The van der Waals surface area contributed by atoms with E-state index in [0.29, 0.717) is 17.9 Å². The fourth-order valence-corrected chi connectivity index (χ4v) is 2.57. The van der Waals surface area contributed by atoms with Crippen molar-refractivity contribution < 1.29 is 14.3 Å². The predicted octanol–water partition coefficient (Wildman–Crippen LogP) is 3.59. The van der Waals surface area contributed by atoms with Crippen molar-refractivity contribution in [1.29, 1.82) is 0 Å². The molecule has 1 amide bonds. The summed E-state index contributed by atoms with van der Waals surface area (Å²) < 4.78 is 4.87. The van der Waals surface area contributed by atoms with Gasteiger partial charge in [-0.1, -0.05) is 35.3 Å². The molecule has 1 unspecified atom stereocenters. The van der Waals surface area contributed by atoms with Crippen LogP contribution in [-0.4, -0.2) is 23.5 Å². The van der Waals surface area contributed by atoms with Crippen LogP contribution in [0.25, 0.3) is 0 Å². The molecule has 0 aliphatic carbocycles. The van der Waals surface area contributed by atoms with Gasteiger partial charge in [0, 0.05) is 24.0 Å². The zero-order valence-corrected chi connectivity index (χ0v) is 15.0. The highest BCUT2D eigenvalue weighted by atomic mass is 35.5. The second-order valence-electron chi connectivity index (χ2n) is 5.17. The molecule has 0 aliphatic rings. The Hall–Kier alpha value is -2.15. The van der Waals surface area contributed by atoms with Crippen LogP contribution < -0.4 is 11.1 Å². The number of benzene rings is 1. The summed E-state index contributed by atoms with van der Waals surface area (Å²) in [7, 11) is 0. The average molecular weight is 382 g/mol. The zero-order valence-electron chi connectivity index (χ0n) is 13.5. The summed E-state index contributed by atoms with van der Waals surface area (Å²) in [6.45, 7) is 2.04. The molecule has 0 saturated heterocycles. The molecule has 0 saturated carbocycles. The van der Waals surface area contributed by atoms with E-state index in [1.165, 1.54) is 12.4 Å². The quantitative estimate of drug-likeness (QED) is 0.745. The number of pyridine rings is 1. The van der Waals surface area contributed by atoms with Gasteiger partial charge in [0.2, 0.25) is 0 Å². The Morgan fingerprint density at radius 2 is 1.80 bits per heavy atom. The van der Waals surface area contributed by atoms with E-state index in [0.717, 1.165) is 5.56 Å². The van der Waals surface area contributed by atoms with Crippen LogP contribution in [0.5, 0.6) is 0 Å². The Kier molecular flexibility index (Phi) is 6.75. The molecule has 0 aliphatic heterocycles. The summed E-state index contributed by atoms with van der Waals surface area (Å²) in [5.74, 6) is -0.737. The fraction of sp³-hybridized carbons (Fsp3) is 0.235. The zero-order chi connectivity index (χ0) is 18.4. The minimum absolute atomic E-state index is 0.0710. The summed E-state index contributed by atoms with van der Waals surface area (Å²) in [6, 6.07) is 6.10. The topological polar surface area (TPSA) is 94.3 Å². The molecule has 1 aromatic carbocycles. The van der Waals surface area contributed by atoms with Crippen LogP contribution in [0.4, 0.5) is 5.69 Å². The number of rotatable bonds is 6. The number of esters is 1. The molecule has 25 heavy (non-hydrogen) atoms. The average Bonchev–Trinajstić information content (AvgIpc) is 2.58. The first-order chi connectivity index (χ1) is 11.9. The number of aromatic nitrogens is 1. The first-order valence-electron chi connectivity index (χ1n) is 7.54. The maximum Gasteiger partial charge on any atom is 0.307 e. The van der Waals surface area contributed by atoms with Crippen LogP contribution in [0.2, 0.25) is 10.0 Å². The summed E-state index contributed by atoms with van der Waals surface area (Å²) in [6.07, 6.45) is 2.85. The highest BCUT2D eigenvalue weighted by molar-refractivity contribution is 6.39. The third-order valence-corrected chi connectivity index (χ3v) is 3.96. The standard InChI is InChI=1S/C17H17Cl2N3O3/c1-2-25-15(23)7-14(20)10-3-5-11(6-4-10)17(24)22-16-12(18)8-21-9-13(16)19/h3-6,8-9,14H,2,7,20H2,1H3,(H,21,22,24). The normalized spacial score (nSPS) is 11.7. The predicted molar refractivity (Wildman–Crippen MR) is 96.8 cm³/mol. The number of ether oxygens (including phenoxy) is 1. The van der Waals surface area contributed by atoms with Crippen molar-refractivity contribution in [3.8, 4) is 0 Å². The highest BCUT2D eigenvalue weighted by Crippen LogP contribution is 2.29. The van der Waals surface area contributed by atoms with E-state index in [1.807, 2.05) is 0 Å². The molecular weight excluding hydrogens is 365 g/mol. The Labute approximate surface area is 155 Å². The summed E-state index contributed by atoms with van der Waals surface area (Å²) in [4.78, 5) is 27.6. The second kappa shape index (κ2) is 8.80. The number of amides is 1. The monoisotopic (exact) mass is 381 g/mol. The Bertz CT molecular complexity index is 746. The largest absolute Gasteiger partial charge is 0.466 e. The van der Waals surface area contributed by atoms with E-state index in [1.54, 1.807) is 31.2 Å². The SMILES string of the molecule is CCOC(=O)CC(N)c1ccc(C(=O)Nc2c(Cl)cncc2Cl)cc1. The molecule has 2 aromatic rings. The maximum absolute atomic E-state index is 12.3. The van der Waals surface area contributed by atoms with Crippen molar-refractivity contribution in [2.45, 2.75) is 19.4 Å². The number of anilines is 1. The third kappa shape index (κ3) is 5.16. The van der Waals surface area contributed by atoms with E-state index >= 15 is 0 Å². The second-order valence-corrected chi connectivity index (χ2v) is 5.98. The molecule has 132 valence electrons. The van der Waals surface area contributed by atoms with E-state index < -0.39 is 6.04 Å². The van der Waals surface area contributed by atoms with Gasteiger partial charge in [0.25, 0.3) is 5.91 Å². The Morgan fingerprint density at radius 3 is 2.36 bits per heavy atom. The molecule has 3 N–H and O–H groups in total. The summed E-state index contributed by atoms with van der Waals surface area (Å²) in [5.41, 5.74) is 7.40. The molecule has 2 rings (SSSR count). The molecule has 0 bridgehead atoms. The van der Waals surface area contributed by atoms with E-state index in [-0.39, 0.29) is 28.3 Å². The van der Waals surface area contributed by atoms with Gasteiger partial charge >= 0.3 is 5.97 Å². The van der Waals surface area contributed by atoms with Gasteiger partial charge in [0.05, 0.1) is 28.8 Å². The lowest BCUT2D eigenvalue weighted by Crippen LogP contribution is -2.18. The van der Waals surface area contributed by atoms with Gasteiger partial charge in [0.15, 0.2) is 0 Å². The molecule has 1 atom stereocenters. The van der Waals surface area contributed by atoms with Crippen molar-refractivity contribution in [2.24, 2.45) is 5.73 Å². The van der Waals surface area contributed by atoms with Gasteiger partial charge in [-0.3, -0.25) is 14.6 Å². The Balaban J connectivity index is 2.06. The molecule has 6 nitrogen and oxygen atoms in total. The van der Waals surface area contributed by atoms with Crippen LogP contribution >= 0.6 is 23.2 Å². The summed E-state index contributed by atoms with van der Waals surface area (Å²) in [5, 5.41) is 3.13. The minimum atomic E-state index is -0.500. The van der Waals surface area contributed by atoms with Gasteiger partial charge in [-0.05, 0) is 24.6 Å². The van der Waals surface area contributed by atoms with Crippen LogP contribution in [-0.2, 0) is 9.53 Å². The maximum atomic E-state index is 12.3. The lowest BCUT2D eigenvalue weighted by molar-refractivity contribution is -0.143. The van der Waals surface area contributed by atoms with Crippen LogP contribution in [0.1, 0.15) is 35.3 Å². The first kappa shape index (κ1) is 19.2. The van der Waals surface area contributed by atoms with E-state index in [9.17, 15) is 9.59 Å². The minimum Gasteiger partial charge on any atom is -0.466 e. The van der Waals surface area contributed by atoms with Crippen molar-refractivity contribution >= 4 is 40.8 Å². The first-order valence-corrected chi connectivity index (χ1v) is 8.29. The van der Waals surface area contributed by atoms with Crippen LogP contribution in [0, 0.1) is 0 Å². The molecule has 1 heterocycles. The molecular formula is C17H17Cl2N3O3. The number of carbonyl (C=O) groups is 2. The number of hydrogen-bond acceptors (Lipinski definition) is 5. The van der Waals surface area contributed by atoms with Crippen molar-refractivity contribution in [3.05, 3.63) is 57.8 Å². The lowest BCUT2D eigenvalue weighted by atomic mass is 10.0. The van der Waals surface area contributed by atoms with E-state index in [4.69, 9.17) is 33.7 Å². The lowest BCUT2D eigenvalue weighted by Gasteiger charge is -2.12. The molecule has 0 spiro atoms. The summed E-state index contributed by atoms with van der Waals surface area (Å²) >= 11 is 12.0. The van der Waals surface area contributed by atoms with E-state index in [2.05, 4.69) is 10.3 Å². The number of hydrogen-bond donors (Lipinski definition) is 2. The molecule has 8 heteroatoms. The van der Waals surface area contributed by atoms with Gasteiger partial charge in [0.1, 0.15) is 0 Å². The van der Waals surface area contributed by atoms with Gasteiger partial charge < -0.3 is 15.8 Å². The van der Waals surface area contributed by atoms with Crippen molar-refractivity contribution in [2.75, 3.05) is 11.9 Å². The molecule has 0 radical (unpaired) electrons. The smallest absolute Gasteiger partial charge is 0.307 e. The van der Waals surface area contributed by atoms with Crippen molar-refractivity contribution in [1.82, 2.24) is 4.98 Å². The highest BCUT2D eigenvalue weighted by Gasteiger charge is 2.15. The van der Waals surface area contributed by atoms with Gasteiger partial charge in [-0.2, -0.15) is 0 Å². The number of carbonyl (C=O) groups excluding carboxylic acids is 2. The van der Waals surface area contributed by atoms with Crippen LogP contribution in [0.3, 0.4) is 0 Å². The number of nitrogens with two attached hydrogens (primary N) is 1. The van der Waals surface area contributed by atoms with Crippen LogP contribution in [0.15, 0.2) is 36.7 Å². The Morgan fingerprint density at radius 1 is 1.20 bits per heavy atom. The molecule has 0 fully saturated rings. The fourth-order valence-electron chi connectivity index (χ4n) is 2.12.